The van der Waals surface area contributed by atoms with Gasteiger partial charge in [0, 0.05) is 47.1 Å². The summed E-state index contributed by atoms with van der Waals surface area (Å²) in [5.41, 5.74) is 0.0973. The minimum Gasteiger partial charge on any atom is -0.390 e. The fourth-order valence-electron chi connectivity index (χ4n) is 5.46. The number of aliphatic imine (C=N–C) groups is 1. The molecule has 1 aromatic heterocycles. The number of piperidine rings is 1. The SMILES string of the molecule is C[C@H]1C[C@@]2(CCN1c1cc(Br)ccc1CC(C)(C)O)N=C(c1ccc(C(F)(F)F)nc1C1CC1)NC2=O. The van der Waals surface area contributed by atoms with Gasteiger partial charge in [0.15, 0.2) is 0 Å². The summed E-state index contributed by atoms with van der Waals surface area (Å²) in [5, 5.41) is 13.3. The van der Waals surface area contributed by atoms with Crippen LogP contribution < -0.4 is 10.2 Å². The molecule has 2 atom stereocenters. The van der Waals surface area contributed by atoms with Crippen molar-refractivity contribution in [3.63, 3.8) is 0 Å². The fourth-order valence-corrected chi connectivity index (χ4v) is 5.81. The van der Waals surface area contributed by atoms with Crippen LogP contribution in [0.25, 0.3) is 0 Å². The molecule has 2 fully saturated rings. The minimum absolute atomic E-state index is 0.0360. The molecule has 3 aliphatic rings. The molecule has 0 radical (unpaired) electrons. The Labute approximate surface area is 222 Å². The molecule has 1 amide bonds. The van der Waals surface area contributed by atoms with E-state index in [-0.39, 0.29) is 17.9 Å². The number of hydrogen-bond acceptors (Lipinski definition) is 5. The average Bonchev–Trinajstić information content (AvgIpc) is 3.59. The smallest absolute Gasteiger partial charge is 0.390 e. The number of nitrogens with one attached hydrogen (secondary N) is 1. The molecule has 2 aliphatic heterocycles. The van der Waals surface area contributed by atoms with Crippen LogP contribution >= 0.6 is 15.9 Å². The van der Waals surface area contributed by atoms with Crippen molar-refractivity contribution < 1.29 is 23.1 Å². The number of halogens is 4. The lowest BCUT2D eigenvalue weighted by Gasteiger charge is -2.43. The topological polar surface area (TPSA) is 77.8 Å². The van der Waals surface area contributed by atoms with Gasteiger partial charge in [0.2, 0.25) is 0 Å². The van der Waals surface area contributed by atoms with Crippen LogP contribution in [0.4, 0.5) is 18.9 Å². The summed E-state index contributed by atoms with van der Waals surface area (Å²) in [5.74, 6) is 0.0560. The van der Waals surface area contributed by atoms with E-state index in [2.05, 4.69) is 31.1 Å². The number of rotatable bonds is 5. The summed E-state index contributed by atoms with van der Waals surface area (Å²) < 4.78 is 40.8. The first-order valence-corrected chi connectivity index (χ1v) is 13.3. The van der Waals surface area contributed by atoms with Crippen molar-refractivity contribution in [2.24, 2.45) is 4.99 Å². The lowest BCUT2D eigenvalue weighted by molar-refractivity contribution is -0.141. The molecule has 2 aromatic rings. The van der Waals surface area contributed by atoms with Crippen molar-refractivity contribution >= 4 is 33.4 Å². The van der Waals surface area contributed by atoms with Crippen LogP contribution in [0, 0.1) is 0 Å². The van der Waals surface area contributed by atoms with Crippen LogP contribution in [0.3, 0.4) is 0 Å². The number of nitrogens with zero attached hydrogens (tertiary/aromatic N) is 3. The Morgan fingerprint density at radius 1 is 1.22 bits per heavy atom. The van der Waals surface area contributed by atoms with Gasteiger partial charge in [-0.1, -0.05) is 22.0 Å². The van der Waals surface area contributed by atoms with Gasteiger partial charge in [0.1, 0.15) is 17.1 Å². The quantitative estimate of drug-likeness (QED) is 0.501. The molecule has 6 nitrogen and oxygen atoms in total. The number of aliphatic hydroxyl groups is 1. The number of amides is 1. The molecule has 0 bridgehead atoms. The molecule has 1 aliphatic carbocycles. The summed E-state index contributed by atoms with van der Waals surface area (Å²) >= 11 is 3.55. The number of anilines is 1. The normalized spacial score (nSPS) is 24.4. The minimum atomic E-state index is -4.52. The first kappa shape index (κ1) is 26.2. The summed E-state index contributed by atoms with van der Waals surface area (Å²) in [4.78, 5) is 24.3. The largest absolute Gasteiger partial charge is 0.433 e. The molecule has 1 spiro atoms. The second-order valence-electron chi connectivity index (χ2n) is 11.1. The molecule has 1 saturated heterocycles. The maximum atomic E-state index is 13.3. The molecule has 0 unspecified atom stereocenters. The number of aromatic nitrogens is 1. The van der Waals surface area contributed by atoms with Crippen molar-refractivity contribution in [3.05, 3.63) is 57.3 Å². The third-order valence-electron chi connectivity index (χ3n) is 7.33. The van der Waals surface area contributed by atoms with Gasteiger partial charge in [-0.2, -0.15) is 13.2 Å². The Bertz CT molecular complexity index is 1270. The Balaban J connectivity index is 1.43. The molecule has 3 heterocycles. The van der Waals surface area contributed by atoms with Crippen LogP contribution in [0.5, 0.6) is 0 Å². The molecule has 198 valence electrons. The summed E-state index contributed by atoms with van der Waals surface area (Å²) in [6.45, 7) is 6.17. The van der Waals surface area contributed by atoms with E-state index < -0.39 is 23.0 Å². The predicted molar refractivity (Wildman–Crippen MR) is 139 cm³/mol. The van der Waals surface area contributed by atoms with Gasteiger partial charge in [0.25, 0.3) is 5.91 Å². The fraction of sp³-hybridized carbons (Fsp3) is 0.519. The van der Waals surface area contributed by atoms with Gasteiger partial charge in [-0.15, -0.1) is 0 Å². The van der Waals surface area contributed by atoms with Crippen LogP contribution in [-0.4, -0.2) is 45.6 Å². The molecule has 5 rings (SSSR count). The Morgan fingerprint density at radius 2 is 1.95 bits per heavy atom. The van der Waals surface area contributed by atoms with E-state index in [0.29, 0.717) is 42.9 Å². The van der Waals surface area contributed by atoms with Gasteiger partial charge in [0.05, 0.1) is 11.3 Å². The van der Waals surface area contributed by atoms with E-state index in [1.165, 1.54) is 6.07 Å². The Morgan fingerprint density at radius 3 is 2.57 bits per heavy atom. The standard InChI is InChI=1S/C27H30BrF3N4O2/c1-15-13-26(10-11-35(15)20-12-18(28)7-6-17(20)14-25(2,3)37)24(36)33-23(34-26)19-8-9-21(27(29,30)31)32-22(19)16-4-5-16/h6-9,12,15-16,37H,4-5,10-11,13-14H2,1-3H3,(H,33,34,36)/t15-,26+/m0/s1. The van der Waals surface area contributed by atoms with Gasteiger partial charge in [-0.3, -0.25) is 9.79 Å². The molecular weight excluding hydrogens is 549 g/mol. The number of carbonyl (C=O) groups is 1. The second-order valence-corrected chi connectivity index (χ2v) is 12.0. The molecule has 1 aromatic carbocycles. The van der Waals surface area contributed by atoms with Crippen molar-refractivity contribution in [1.29, 1.82) is 0 Å². The third kappa shape index (κ3) is 5.27. The lowest BCUT2D eigenvalue weighted by Crippen LogP contribution is -2.53. The lowest BCUT2D eigenvalue weighted by atomic mass is 9.83. The third-order valence-corrected chi connectivity index (χ3v) is 7.82. The van der Waals surface area contributed by atoms with Crippen LogP contribution in [-0.2, 0) is 17.4 Å². The van der Waals surface area contributed by atoms with E-state index in [4.69, 9.17) is 4.99 Å². The van der Waals surface area contributed by atoms with E-state index in [1.54, 1.807) is 13.8 Å². The number of benzene rings is 1. The van der Waals surface area contributed by atoms with Gasteiger partial charge in [-0.05, 0) is 69.9 Å². The van der Waals surface area contributed by atoms with E-state index in [9.17, 15) is 23.1 Å². The zero-order valence-electron chi connectivity index (χ0n) is 21.0. The monoisotopic (exact) mass is 578 g/mol. The van der Waals surface area contributed by atoms with Gasteiger partial charge < -0.3 is 15.3 Å². The van der Waals surface area contributed by atoms with Crippen molar-refractivity contribution in [2.45, 2.75) is 82.2 Å². The second kappa shape index (κ2) is 9.08. The van der Waals surface area contributed by atoms with E-state index in [0.717, 1.165) is 34.6 Å². The number of amidine groups is 1. The van der Waals surface area contributed by atoms with Gasteiger partial charge in [-0.25, -0.2) is 4.98 Å². The Hall–Kier alpha value is -2.46. The van der Waals surface area contributed by atoms with Crippen LogP contribution in [0.2, 0.25) is 0 Å². The van der Waals surface area contributed by atoms with Crippen molar-refractivity contribution in [2.75, 3.05) is 11.4 Å². The van der Waals surface area contributed by atoms with Gasteiger partial charge >= 0.3 is 6.18 Å². The summed E-state index contributed by atoms with van der Waals surface area (Å²) in [6, 6.07) is 8.32. The molecule has 37 heavy (non-hydrogen) atoms. The predicted octanol–water partition coefficient (Wildman–Crippen LogP) is 5.36. The molecule has 1 saturated carbocycles. The average molecular weight is 579 g/mol. The maximum absolute atomic E-state index is 13.3. The Kier molecular flexibility index (Phi) is 6.42. The zero-order chi connectivity index (χ0) is 26.8. The summed E-state index contributed by atoms with van der Waals surface area (Å²) in [6.07, 6.45) is -1.56. The number of carbonyl (C=O) groups excluding carboxylic acids is 1. The molecule has 10 heteroatoms. The van der Waals surface area contributed by atoms with Crippen molar-refractivity contribution in [3.8, 4) is 0 Å². The number of alkyl halides is 3. The first-order valence-electron chi connectivity index (χ1n) is 12.5. The summed E-state index contributed by atoms with van der Waals surface area (Å²) in [7, 11) is 0. The van der Waals surface area contributed by atoms with Crippen LogP contribution in [0.1, 0.15) is 74.9 Å². The van der Waals surface area contributed by atoms with Crippen LogP contribution in [0.15, 0.2) is 39.8 Å². The van der Waals surface area contributed by atoms with E-state index in [1.807, 2.05) is 25.1 Å². The van der Waals surface area contributed by atoms with E-state index >= 15 is 0 Å². The zero-order valence-corrected chi connectivity index (χ0v) is 22.6. The van der Waals surface area contributed by atoms with Crippen molar-refractivity contribution in [1.82, 2.24) is 10.3 Å². The highest BCUT2D eigenvalue weighted by atomic mass is 79.9. The number of hydrogen-bond donors (Lipinski definition) is 2. The molecular formula is C27H30BrF3N4O2. The first-order chi connectivity index (χ1) is 17.3. The highest BCUT2D eigenvalue weighted by molar-refractivity contribution is 9.10. The molecule has 2 N–H and O–H groups in total. The maximum Gasteiger partial charge on any atom is 0.433 e. The number of pyridine rings is 1. The highest BCUT2D eigenvalue weighted by Crippen LogP contribution is 2.44. The highest BCUT2D eigenvalue weighted by Gasteiger charge is 2.49.